The minimum Gasteiger partial charge on any atom is -0.385 e. The zero-order valence-corrected chi connectivity index (χ0v) is 3.89. The summed E-state index contributed by atoms with van der Waals surface area (Å²) in [6.07, 6.45) is 0. The second-order valence-corrected chi connectivity index (χ2v) is 0.659. The topological polar surface area (TPSA) is 49.9 Å². The Bertz CT molecular complexity index is 46.8. The average Bonchev–Trinajstić information content (AvgIpc) is 1.38. The van der Waals surface area contributed by atoms with Crippen molar-refractivity contribution in [1.29, 1.82) is 5.41 Å². The Labute approximate surface area is 41.4 Å². The number of hydrogen-bond donors (Lipinski definition) is 2. The van der Waals surface area contributed by atoms with Gasteiger partial charge in [0.15, 0.2) is 0 Å². The highest BCUT2D eigenvalue weighted by Gasteiger charge is 1.75. The van der Waals surface area contributed by atoms with Crippen LogP contribution in [0.15, 0.2) is 0 Å². The molecule has 6 heavy (non-hydrogen) atoms. The van der Waals surface area contributed by atoms with Crippen LogP contribution in [-0.2, 0) is 0 Å². The Hall–Kier alpha value is -0.310. The summed E-state index contributed by atoms with van der Waals surface area (Å²) in [5.41, 5.74) is 4.50. The van der Waals surface area contributed by atoms with E-state index in [1.54, 1.807) is 0 Å². The van der Waals surface area contributed by atoms with Crippen molar-refractivity contribution < 1.29 is 4.39 Å². The summed E-state index contributed by atoms with van der Waals surface area (Å²) < 4.78 is 10.8. The zero-order valence-electron chi connectivity index (χ0n) is 3.07. The minimum atomic E-state index is -0.833. The van der Waals surface area contributed by atoms with E-state index in [0.717, 1.165) is 0 Å². The molecule has 38 valence electrons. The molecule has 0 radical (unpaired) electrons. The van der Waals surface area contributed by atoms with Crippen LogP contribution < -0.4 is 5.73 Å². The molecule has 0 saturated carbocycles. The van der Waals surface area contributed by atoms with Gasteiger partial charge in [0.25, 0.3) is 0 Å². The highest BCUT2D eigenvalue weighted by molar-refractivity contribution is 5.85. The standard InChI is InChI=1S/C2H5FN2.ClH/c3-1-2(4)5;/h1H2,(H3,4,5);1H. The van der Waals surface area contributed by atoms with Crippen LogP contribution in [0.2, 0.25) is 0 Å². The third-order valence-electron chi connectivity index (χ3n) is 0.144. The van der Waals surface area contributed by atoms with Crippen molar-refractivity contribution in [3.8, 4) is 0 Å². The molecule has 0 aromatic rings. The molecule has 3 N–H and O–H groups in total. The second-order valence-electron chi connectivity index (χ2n) is 0.659. The SMILES string of the molecule is Cl.N=C(N)CF. The van der Waals surface area contributed by atoms with Gasteiger partial charge in [-0.3, -0.25) is 5.41 Å². The van der Waals surface area contributed by atoms with Crippen molar-refractivity contribution in [1.82, 2.24) is 0 Å². The molecule has 0 bridgehead atoms. The van der Waals surface area contributed by atoms with Gasteiger partial charge in [-0.15, -0.1) is 12.4 Å². The van der Waals surface area contributed by atoms with E-state index in [1.165, 1.54) is 0 Å². The van der Waals surface area contributed by atoms with Crippen LogP contribution in [0.3, 0.4) is 0 Å². The molecule has 0 atom stereocenters. The summed E-state index contributed by atoms with van der Waals surface area (Å²) in [6, 6.07) is 0. The van der Waals surface area contributed by atoms with E-state index in [2.05, 4.69) is 5.73 Å². The normalized spacial score (nSPS) is 6.17. The van der Waals surface area contributed by atoms with E-state index in [-0.39, 0.29) is 12.4 Å². The maximum Gasteiger partial charge on any atom is 0.146 e. The van der Waals surface area contributed by atoms with E-state index < -0.39 is 12.5 Å². The molecular weight excluding hydrogens is 106 g/mol. The summed E-state index contributed by atoms with van der Waals surface area (Å²) in [5, 5.41) is 6.15. The van der Waals surface area contributed by atoms with Gasteiger partial charge >= 0.3 is 0 Å². The third-order valence-corrected chi connectivity index (χ3v) is 0.144. The van der Waals surface area contributed by atoms with Crippen LogP contribution >= 0.6 is 12.4 Å². The first-order valence-electron chi connectivity index (χ1n) is 1.16. The molecule has 0 amide bonds. The Balaban J connectivity index is 0. The van der Waals surface area contributed by atoms with E-state index in [9.17, 15) is 4.39 Å². The van der Waals surface area contributed by atoms with Crippen molar-refractivity contribution in [3.63, 3.8) is 0 Å². The van der Waals surface area contributed by atoms with Crippen LogP contribution in [-0.4, -0.2) is 12.5 Å². The number of amidine groups is 1. The Morgan fingerprint density at radius 3 is 2.00 bits per heavy atom. The summed E-state index contributed by atoms with van der Waals surface area (Å²) >= 11 is 0. The third kappa shape index (κ3) is 9.35. The Kier molecular flexibility index (Phi) is 7.19. The molecule has 0 spiro atoms. The van der Waals surface area contributed by atoms with Gasteiger partial charge < -0.3 is 5.73 Å². The molecule has 0 aliphatic carbocycles. The number of halogens is 2. The molecule has 0 unspecified atom stereocenters. The predicted molar refractivity (Wildman–Crippen MR) is 25.1 cm³/mol. The van der Waals surface area contributed by atoms with Crippen LogP contribution in [0.25, 0.3) is 0 Å². The van der Waals surface area contributed by atoms with Crippen molar-refractivity contribution in [2.45, 2.75) is 0 Å². The number of nitrogens with one attached hydrogen (secondary N) is 1. The van der Waals surface area contributed by atoms with Crippen LogP contribution in [0.5, 0.6) is 0 Å². The van der Waals surface area contributed by atoms with Gasteiger partial charge in [-0.25, -0.2) is 4.39 Å². The monoisotopic (exact) mass is 112 g/mol. The van der Waals surface area contributed by atoms with Crippen LogP contribution in [0, 0.1) is 5.41 Å². The fourth-order valence-electron chi connectivity index (χ4n) is 0. The van der Waals surface area contributed by atoms with Crippen LogP contribution in [0.1, 0.15) is 0 Å². The van der Waals surface area contributed by atoms with E-state index >= 15 is 0 Å². The molecule has 0 aromatic heterocycles. The summed E-state index contributed by atoms with van der Waals surface area (Å²) in [7, 11) is 0. The Morgan fingerprint density at radius 2 is 2.00 bits per heavy atom. The average molecular weight is 113 g/mol. The van der Waals surface area contributed by atoms with Gasteiger partial charge in [-0.05, 0) is 0 Å². The summed E-state index contributed by atoms with van der Waals surface area (Å²) in [6.45, 7) is -0.833. The van der Waals surface area contributed by atoms with Gasteiger partial charge in [-0.1, -0.05) is 0 Å². The first kappa shape index (κ1) is 9.19. The second kappa shape index (κ2) is 4.69. The van der Waals surface area contributed by atoms with Crippen molar-refractivity contribution >= 4 is 18.2 Å². The van der Waals surface area contributed by atoms with Crippen LogP contribution in [0.4, 0.5) is 4.39 Å². The first-order valence-corrected chi connectivity index (χ1v) is 1.16. The summed E-state index contributed by atoms with van der Waals surface area (Å²) in [5.74, 6) is -0.412. The van der Waals surface area contributed by atoms with Gasteiger partial charge in [-0.2, -0.15) is 0 Å². The maximum absolute atomic E-state index is 10.8. The number of alkyl halides is 1. The molecule has 0 aliphatic rings. The molecule has 0 aliphatic heterocycles. The minimum absolute atomic E-state index is 0. The van der Waals surface area contributed by atoms with E-state index in [4.69, 9.17) is 5.41 Å². The van der Waals surface area contributed by atoms with Crippen molar-refractivity contribution in [2.75, 3.05) is 6.67 Å². The van der Waals surface area contributed by atoms with Gasteiger partial charge in [0.2, 0.25) is 0 Å². The Morgan fingerprint density at radius 1 is 1.83 bits per heavy atom. The lowest BCUT2D eigenvalue weighted by Crippen LogP contribution is -2.10. The van der Waals surface area contributed by atoms with Gasteiger partial charge in [0.05, 0.1) is 0 Å². The molecule has 0 fully saturated rings. The first-order chi connectivity index (χ1) is 2.27. The van der Waals surface area contributed by atoms with E-state index in [0.29, 0.717) is 0 Å². The predicted octanol–water partition coefficient (Wildman–Crippen LogP) is 0.314. The fraction of sp³-hybridized carbons (Fsp3) is 0.500. The molecule has 0 heterocycles. The highest BCUT2D eigenvalue weighted by Crippen LogP contribution is 1.57. The molecule has 0 rings (SSSR count). The molecule has 2 nitrogen and oxygen atoms in total. The lowest BCUT2D eigenvalue weighted by atomic mass is 10.7. The quantitative estimate of drug-likeness (QED) is 0.372. The van der Waals surface area contributed by atoms with Crippen molar-refractivity contribution in [2.24, 2.45) is 5.73 Å². The van der Waals surface area contributed by atoms with Crippen molar-refractivity contribution in [3.05, 3.63) is 0 Å². The zero-order chi connectivity index (χ0) is 4.28. The summed E-state index contributed by atoms with van der Waals surface area (Å²) in [4.78, 5) is 0. The number of nitrogens with two attached hydrogens (primary N) is 1. The highest BCUT2D eigenvalue weighted by atomic mass is 35.5. The number of rotatable bonds is 1. The largest absolute Gasteiger partial charge is 0.385 e. The van der Waals surface area contributed by atoms with Gasteiger partial charge in [0, 0.05) is 0 Å². The molecule has 0 saturated heterocycles. The fourth-order valence-corrected chi connectivity index (χ4v) is 0. The molecular formula is C2H6ClFN2. The lowest BCUT2D eigenvalue weighted by molar-refractivity contribution is 0.577. The van der Waals surface area contributed by atoms with Gasteiger partial charge in [0.1, 0.15) is 12.5 Å². The lowest BCUT2D eigenvalue weighted by Gasteiger charge is -1.75. The molecule has 4 heteroatoms. The molecule has 0 aromatic carbocycles. The van der Waals surface area contributed by atoms with E-state index in [1.807, 2.05) is 0 Å². The number of hydrogen-bond acceptors (Lipinski definition) is 1. The maximum atomic E-state index is 10.8. The smallest absolute Gasteiger partial charge is 0.146 e.